The highest BCUT2D eigenvalue weighted by molar-refractivity contribution is 6.55. The van der Waals surface area contributed by atoms with Crippen molar-refractivity contribution in [2.24, 2.45) is 5.10 Å². The second kappa shape index (κ2) is 13.5. The summed E-state index contributed by atoms with van der Waals surface area (Å²) in [6, 6.07) is 63.0. The average Bonchev–Trinajstić information content (AvgIpc) is 3.64. The molecule has 5 nitrogen and oxygen atoms in total. The Morgan fingerprint density at radius 1 is 0.527 bits per heavy atom. The number of rotatable bonds is 7. The number of allylic oxidation sites excluding steroid dienone is 1. The largest absolute Gasteiger partial charge is 0.456 e. The SMILES string of the molecule is N=C1/C(=N\Nc2ccccc2)C=Cc2ccc3ccc(N(c4cccc(-c5ccccc5-c5ccccc5)c4)c4cccc5oc6ccccc6c45)cc3c21. The van der Waals surface area contributed by atoms with Gasteiger partial charge in [-0.2, -0.15) is 5.10 Å². The van der Waals surface area contributed by atoms with Crippen molar-refractivity contribution in [1.29, 1.82) is 5.41 Å². The normalized spacial score (nSPS) is 13.1. The molecule has 0 fully saturated rings. The van der Waals surface area contributed by atoms with E-state index in [0.29, 0.717) is 11.4 Å². The Morgan fingerprint density at radius 3 is 2.05 bits per heavy atom. The number of nitrogens with one attached hydrogen (secondary N) is 2. The summed E-state index contributed by atoms with van der Waals surface area (Å²) >= 11 is 0. The van der Waals surface area contributed by atoms with Gasteiger partial charge in [-0.25, -0.2) is 0 Å². The van der Waals surface area contributed by atoms with Gasteiger partial charge in [0.25, 0.3) is 0 Å². The predicted molar refractivity (Wildman–Crippen MR) is 230 cm³/mol. The highest BCUT2D eigenvalue weighted by Gasteiger charge is 2.23. The first-order valence-corrected chi connectivity index (χ1v) is 18.4. The average molecular weight is 707 g/mol. The van der Waals surface area contributed by atoms with Crippen molar-refractivity contribution >= 4 is 73.0 Å². The fourth-order valence-corrected chi connectivity index (χ4v) is 7.78. The summed E-state index contributed by atoms with van der Waals surface area (Å²) in [6.45, 7) is 0. The molecular formula is C50H34N4O. The quantitative estimate of drug-likeness (QED) is 0.162. The van der Waals surface area contributed by atoms with Gasteiger partial charge in [-0.3, -0.25) is 10.8 Å². The van der Waals surface area contributed by atoms with E-state index in [1.54, 1.807) is 0 Å². The third-order valence-electron chi connectivity index (χ3n) is 10.4. The molecule has 0 atom stereocenters. The molecule has 0 spiro atoms. The number of hydrogen-bond acceptors (Lipinski definition) is 5. The Hall–Kier alpha value is -7.50. The first-order valence-electron chi connectivity index (χ1n) is 18.4. The van der Waals surface area contributed by atoms with Crippen LogP contribution in [0.4, 0.5) is 22.7 Å². The molecule has 0 bridgehead atoms. The molecule has 260 valence electrons. The third kappa shape index (κ3) is 5.75. The van der Waals surface area contributed by atoms with Crippen molar-refractivity contribution in [3.63, 3.8) is 0 Å². The van der Waals surface area contributed by atoms with Gasteiger partial charge in [0.15, 0.2) is 0 Å². The Kier molecular flexibility index (Phi) is 7.89. The first kappa shape index (κ1) is 32.2. The minimum atomic E-state index is 0.373. The molecule has 0 saturated carbocycles. The standard InChI is InChI=1S/C50H34N4O/c51-50-44(53-52-37-16-5-2-6-17-37)30-28-35-26-25-34-27-29-39(32-43(34)48(35)50)54(45-22-12-24-47-49(45)42-21-9-10-23-46(42)55-47)38-18-11-15-36(31-38)41-20-8-7-19-40(41)33-13-3-1-4-14-33/h1-32,51-52H/b51-50?,53-44-. The molecule has 1 aliphatic carbocycles. The minimum absolute atomic E-state index is 0.373. The second-order valence-corrected chi connectivity index (χ2v) is 13.7. The molecule has 0 radical (unpaired) electrons. The molecule has 8 aromatic carbocycles. The second-order valence-electron chi connectivity index (χ2n) is 13.7. The molecule has 0 amide bonds. The van der Waals surface area contributed by atoms with Crippen LogP contribution in [-0.4, -0.2) is 11.4 Å². The lowest BCUT2D eigenvalue weighted by Gasteiger charge is -2.28. The van der Waals surface area contributed by atoms with E-state index in [4.69, 9.17) is 4.42 Å². The summed E-state index contributed by atoms with van der Waals surface area (Å²) in [4.78, 5) is 2.33. The fraction of sp³-hybridized carbons (Fsp3) is 0. The van der Waals surface area contributed by atoms with E-state index in [-0.39, 0.29) is 0 Å². The Bertz CT molecular complexity index is 2980. The lowest BCUT2D eigenvalue weighted by molar-refractivity contribution is 0.669. The number of furan rings is 1. The lowest BCUT2D eigenvalue weighted by atomic mass is 9.89. The molecule has 1 aliphatic rings. The van der Waals surface area contributed by atoms with E-state index >= 15 is 0 Å². The van der Waals surface area contributed by atoms with Crippen LogP contribution in [0.1, 0.15) is 11.1 Å². The smallest absolute Gasteiger partial charge is 0.137 e. The van der Waals surface area contributed by atoms with Crippen molar-refractivity contribution in [1.82, 2.24) is 0 Å². The molecule has 9 aromatic rings. The van der Waals surface area contributed by atoms with Gasteiger partial charge < -0.3 is 9.32 Å². The monoisotopic (exact) mass is 706 g/mol. The van der Waals surface area contributed by atoms with Gasteiger partial charge in [-0.05, 0) is 99.3 Å². The number of hydrazone groups is 1. The molecule has 0 unspecified atom stereocenters. The zero-order chi connectivity index (χ0) is 36.7. The van der Waals surface area contributed by atoms with Crippen LogP contribution in [0.25, 0.3) is 61.0 Å². The van der Waals surface area contributed by atoms with Crippen molar-refractivity contribution in [3.05, 3.63) is 199 Å². The molecule has 55 heavy (non-hydrogen) atoms. The molecule has 10 rings (SSSR count). The van der Waals surface area contributed by atoms with Gasteiger partial charge in [0.2, 0.25) is 0 Å². The summed E-state index contributed by atoms with van der Waals surface area (Å²) in [5.74, 6) is 0. The minimum Gasteiger partial charge on any atom is -0.456 e. The van der Waals surface area contributed by atoms with Gasteiger partial charge in [0.05, 0.1) is 22.5 Å². The fourth-order valence-electron chi connectivity index (χ4n) is 7.78. The van der Waals surface area contributed by atoms with Crippen LogP contribution in [0.2, 0.25) is 0 Å². The number of nitrogens with zero attached hydrogens (tertiary/aromatic N) is 2. The van der Waals surface area contributed by atoms with Crippen LogP contribution >= 0.6 is 0 Å². The van der Waals surface area contributed by atoms with Crippen LogP contribution in [0.5, 0.6) is 0 Å². The van der Waals surface area contributed by atoms with E-state index in [2.05, 4.69) is 155 Å². The summed E-state index contributed by atoms with van der Waals surface area (Å²) in [6.07, 6.45) is 3.96. The topological polar surface area (TPSA) is 64.6 Å². The lowest BCUT2D eigenvalue weighted by Crippen LogP contribution is -2.19. The van der Waals surface area contributed by atoms with Crippen LogP contribution in [0, 0.1) is 5.41 Å². The van der Waals surface area contributed by atoms with E-state index in [1.807, 2.05) is 54.6 Å². The number of fused-ring (bicyclic) bond motifs is 6. The molecule has 2 N–H and O–H groups in total. The predicted octanol–water partition coefficient (Wildman–Crippen LogP) is 13.4. The van der Waals surface area contributed by atoms with Crippen molar-refractivity contribution in [3.8, 4) is 22.3 Å². The summed E-state index contributed by atoms with van der Waals surface area (Å²) in [5.41, 5.74) is 16.1. The maximum atomic E-state index is 9.43. The van der Waals surface area contributed by atoms with Crippen LogP contribution in [0.15, 0.2) is 198 Å². The van der Waals surface area contributed by atoms with E-state index < -0.39 is 0 Å². The van der Waals surface area contributed by atoms with Crippen LogP contribution < -0.4 is 10.3 Å². The number of anilines is 4. The number of benzene rings is 8. The van der Waals surface area contributed by atoms with Crippen molar-refractivity contribution in [2.45, 2.75) is 0 Å². The van der Waals surface area contributed by atoms with Gasteiger partial charge in [-0.15, -0.1) is 0 Å². The molecule has 0 saturated heterocycles. The summed E-state index contributed by atoms with van der Waals surface area (Å²) < 4.78 is 6.42. The van der Waals surface area contributed by atoms with Crippen LogP contribution in [0.3, 0.4) is 0 Å². The van der Waals surface area contributed by atoms with Gasteiger partial charge in [-0.1, -0.05) is 133 Å². The Labute approximate surface area is 318 Å². The highest BCUT2D eigenvalue weighted by atomic mass is 16.3. The Balaban J connectivity index is 1.17. The first-order chi connectivity index (χ1) is 27.2. The summed E-state index contributed by atoms with van der Waals surface area (Å²) in [7, 11) is 0. The maximum Gasteiger partial charge on any atom is 0.137 e. The molecule has 5 heteroatoms. The zero-order valence-corrected chi connectivity index (χ0v) is 29.8. The van der Waals surface area contributed by atoms with E-state index in [0.717, 1.165) is 77.7 Å². The molecule has 1 aromatic heterocycles. The molecule has 1 heterocycles. The molecular weight excluding hydrogens is 673 g/mol. The maximum absolute atomic E-state index is 9.43. The zero-order valence-electron chi connectivity index (χ0n) is 29.8. The number of hydrogen-bond donors (Lipinski definition) is 2. The number of para-hydroxylation sites is 2. The van der Waals surface area contributed by atoms with Gasteiger partial charge >= 0.3 is 0 Å². The van der Waals surface area contributed by atoms with E-state index in [9.17, 15) is 5.41 Å². The van der Waals surface area contributed by atoms with Crippen LogP contribution in [-0.2, 0) is 0 Å². The molecule has 0 aliphatic heterocycles. The Morgan fingerprint density at radius 2 is 1.20 bits per heavy atom. The van der Waals surface area contributed by atoms with Gasteiger partial charge in [0.1, 0.15) is 16.9 Å². The van der Waals surface area contributed by atoms with E-state index in [1.165, 1.54) is 11.1 Å². The summed E-state index contributed by atoms with van der Waals surface area (Å²) in [5, 5.41) is 18.2. The third-order valence-corrected chi connectivity index (χ3v) is 10.4. The highest BCUT2D eigenvalue weighted by Crippen LogP contribution is 2.45. The van der Waals surface area contributed by atoms with Crippen molar-refractivity contribution < 1.29 is 4.42 Å². The van der Waals surface area contributed by atoms with Gasteiger partial charge in [0, 0.05) is 22.3 Å². The van der Waals surface area contributed by atoms with Crippen molar-refractivity contribution in [2.75, 3.05) is 10.3 Å².